The van der Waals surface area contributed by atoms with Crippen molar-refractivity contribution in [3.8, 4) is 0 Å². The molecule has 0 aromatic carbocycles. The quantitative estimate of drug-likeness (QED) is 0.871. The first-order valence-electron chi connectivity index (χ1n) is 5.76. The molecule has 0 saturated heterocycles. The second kappa shape index (κ2) is 4.93. The summed E-state index contributed by atoms with van der Waals surface area (Å²) in [4.78, 5) is 4.11. The molecule has 0 unspecified atom stereocenters. The van der Waals surface area contributed by atoms with Crippen molar-refractivity contribution in [3.05, 3.63) is 24.0 Å². The lowest BCUT2D eigenvalue weighted by Gasteiger charge is -2.08. The highest BCUT2D eigenvalue weighted by atomic mass is 32.2. The first-order valence-corrected chi connectivity index (χ1v) is 7.58. The zero-order chi connectivity index (χ0) is 13.2. The van der Waals surface area contributed by atoms with E-state index in [2.05, 4.69) is 15.4 Å². The molecule has 6 nitrogen and oxygen atoms in total. The van der Waals surface area contributed by atoms with E-state index in [0.717, 1.165) is 17.0 Å². The molecular weight excluding hydrogens is 252 g/mol. The summed E-state index contributed by atoms with van der Waals surface area (Å²) in [6.45, 7) is 3.98. The SMILES string of the molecule is CCS(=O)(=O)CCNc1cc(C)cc2ncnn12. The summed E-state index contributed by atoms with van der Waals surface area (Å²) in [5.74, 6) is 1.04. The van der Waals surface area contributed by atoms with Crippen molar-refractivity contribution in [2.75, 3.05) is 23.4 Å². The van der Waals surface area contributed by atoms with Crippen molar-refractivity contribution >= 4 is 21.3 Å². The largest absolute Gasteiger partial charge is 0.369 e. The third-order valence-corrected chi connectivity index (χ3v) is 4.39. The van der Waals surface area contributed by atoms with Gasteiger partial charge in [0.2, 0.25) is 0 Å². The maximum atomic E-state index is 11.4. The second-order valence-electron chi connectivity index (χ2n) is 4.11. The number of rotatable bonds is 5. The highest BCUT2D eigenvalue weighted by Gasteiger charge is 2.08. The lowest BCUT2D eigenvalue weighted by Crippen LogP contribution is -2.18. The van der Waals surface area contributed by atoms with Gasteiger partial charge in [0.25, 0.3) is 0 Å². The average Bonchev–Trinajstić information content (AvgIpc) is 2.76. The van der Waals surface area contributed by atoms with Gasteiger partial charge in [-0.2, -0.15) is 9.61 Å². The Morgan fingerprint density at radius 1 is 1.39 bits per heavy atom. The number of aromatic nitrogens is 3. The van der Waals surface area contributed by atoms with Gasteiger partial charge in [-0.1, -0.05) is 6.92 Å². The van der Waals surface area contributed by atoms with E-state index in [4.69, 9.17) is 0 Å². The molecule has 0 bridgehead atoms. The fourth-order valence-electron chi connectivity index (χ4n) is 1.66. The maximum absolute atomic E-state index is 11.4. The van der Waals surface area contributed by atoms with Gasteiger partial charge in [-0.15, -0.1) is 0 Å². The van der Waals surface area contributed by atoms with Crippen molar-refractivity contribution in [1.29, 1.82) is 0 Å². The monoisotopic (exact) mass is 268 g/mol. The number of hydrogen-bond donors (Lipinski definition) is 1. The van der Waals surface area contributed by atoms with Gasteiger partial charge in [0.15, 0.2) is 15.5 Å². The summed E-state index contributed by atoms with van der Waals surface area (Å²) < 4.78 is 24.4. The lowest BCUT2D eigenvalue weighted by atomic mass is 10.3. The first kappa shape index (κ1) is 12.8. The maximum Gasteiger partial charge on any atom is 0.157 e. The minimum Gasteiger partial charge on any atom is -0.369 e. The fraction of sp³-hybridized carbons (Fsp3) is 0.455. The van der Waals surface area contributed by atoms with Crippen LogP contribution in [0.5, 0.6) is 0 Å². The molecule has 2 aromatic rings. The molecule has 18 heavy (non-hydrogen) atoms. The van der Waals surface area contributed by atoms with Crippen molar-refractivity contribution in [3.63, 3.8) is 0 Å². The zero-order valence-corrected chi connectivity index (χ0v) is 11.2. The summed E-state index contributed by atoms with van der Waals surface area (Å²) in [6, 6.07) is 3.83. The molecule has 0 fully saturated rings. The Morgan fingerprint density at radius 3 is 2.89 bits per heavy atom. The zero-order valence-electron chi connectivity index (χ0n) is 10.4. The summed E-state index contributed by atoms with van der Waals surface area (Å²) >= 11 is 0. The fourth-order valence-corrected chi connectivity index (χ4v) is 2.36. The van der Waals surface area contributed by atoms with Crippen LogP contribution in [0.3, 0.4) is 0 Å². The molecule has 0 aliphatic heterocycles. The number of anilines is 1. The number of sulfone groups is 1. The van der Waals surface area contributed by atoms with Gasteiger partial charge in [-0.3, -0.25) is 0 Å². The van der Waals surface area contributed by atoms with Gasteiger partial charge >= 0.3 is 0 Å². The third kappa shape index (κ3) is 2.79. The summed E-state index contributed by atoms with van der Waals surface area (Å²) in [5.41, 5.74) is 1.80. The van der Waals surface area contributed by atoms with Crippen molar-refractivity contribution in [2.45, 2.75) is 13.8 Å². The van der Waals surface area contributed by atoms with Gasteiger partial charge < -0.3 is 5.32 Å². The van der Waals surface area contributed by atoms with E-state index in [1.807, 2.05) is 19.1 Å². The van der Waals surface area contributed by atoms with Gasteiger partial charge in [-0.25, -0.2) is 13.4 Å². The number of nitrogens with zero attached hydrogens (tertiary/aromatic N) is 3. The van der Waals surface area contributed by atoms with Gasteiger partial charge in [-0.05, 0) is 24.6 Å². The van der Waals surface area contributed by atoms with Crippen LogP contribution in [-0.2, 0) is 9.84 Å². The van der Waals surface area contributed by atoms with Gasteiger partial charge in [0, 0.05) is 12.3 Å². The van der Waals surface area contributed by atoms with E-state index in [9.17, 15) is 8.42 Å². The molecule has 1 N–H and O–H groups in total. The molecule has 0 spiro atoms. The summed E-state index contributed by atoms with van der Waals surface area (Å²) in [6.07, 6.45) is 1.47. The predicted molar refractivity (Wildman–Crippen MR) is 70.5 cm³/mol. The van der Waals surface area contributed by atoms with Crippen LogP contribution in [-0.4, -0.2) is 41.1 Å². The highest BCUT2D eigenvalue weighted by molar-refractivity contribution is 7.91. The number of nitrogens with one attached hydrogen (secondary N) is 1. The van der Waals surface area contributed by atoms with Crippen LogP contribution in [0, 0.1) is 6.92 Å². The van der Waals surface area contributed by atoms with E-state index >= 15 is 0 Å². The lowest BCUT2D eigenvalue weighted by molar-refractivity contribution is 0.597. The number of hydrogen-bond acceptors (Lipinski definition) is 5. The Bertz CT molecular complexity index is 648. The molecule has 0 saturated carbocycles. The summed E-state index contributed by atoms with van der Waals surface area (Å²) in [7, 11) is -2.95. The van der Waals surface area contributed by atoms with Crippen molar-refractivity contribution in [1.82, 2.24) is 14.6 Å². The van der Waals surface area contributed by atoms with Gasteiger partial charge in [0.1, 0.15) is 12.1 Å². The number of aryl methyl sites for hydroxylation is 1. The highest BCUT2D eigenvalue weighted by Crippen LogP contribution is 2.12. The van der Waals surface area contributed by atoms with E-state index in [-0.39, 0.29) is 11.5 Å². The number of fused-ring (bicyclic) bond motifs is 1. The van der Waals surface area contributed by atoms with Gasteiger partial charge in [0.05, 0.1) is 5.75 Å². The van der Waals surface area contributed by atoms with Crippen LogP contribution in [0.25, 0.3) is 5.65 Å². The Kier molecular flexibility index (Phi) is 3.51. The van der Waals surface area contributed by atoms with Crippen LogP contribution in [0.2, 0.25) is 0 Å². The Balaban J connectivity index is 2.14. The topological polar surface area (TPSA) is 76.4 Å². The minimum atomic E-state index is -2.95. The molecule has 2 rings (SSSR count). The van der Waals surface area contributed by atoms with E-state index in [0.29, 0.717) is 6.54 Å². The van der Waals surface area contributed by atoms with Crippen LogP contribution >= 0.6 is 0 Å². The normalized spacial score (nSPS) is 11.9. The van der Waals surface area contributed by atoms with E-state index in [1.54, 1.807) is 11.4 Å². The average molecular weight is 268 g/mol. The van der Waals surface area contributed by atoms with Crippen molar-refractivity contribution in [2.24, 2.45) is 0 Å². The molecule has 2 heterocycles. The second-order valence-corrected chi connectivity index (χ2v) is 6.58. The third-order valence-electron chi connectivity index (χ3n) is 2.68. The van der Waals surface area contributed by atoms with E-state index < -0.39 is 9.84 Å². The molecule has 7 heteroatoms. The molecule has 2 aromatic heterocycles. The van der Waals surface area contributed by atoms with Crippen LogP contribution in [0.15, 0.2) is 18.5 Å². The first-order chi connectivity index (χ1) is 8.52. The molecule has 0 atom stereocenters. The van der Waals surface area contributed by atoms with Crippen molar-refractivity contribution < 1.29 is 8.42 Å². The van der Waals surface area contributed by atoms with Crippen LogP contribution in [0.1, 0.15) is 12.5 Å². The molecule has 98 valence electrons. The standard InChI is InChI=1S/C11H16N4O2S/c1-3-18(16,17)5-4-12-10-6-9(2)7-11-13-8-14-15(10)11/h6-8,12H,3-5H2,1-2H3. The van der Waals surface area contributed by atoms with Crippen LogP contribution in [0.4, 0.5) is 5.82 Å². The Hall–Kier alpha value is -1.63. The molecule has 0 aliphatic carbocycles. The molecule has 0 aliphatic rings. The number of pyridine rings is 1. The smallest absolute Gasteiger partial charge is 0.157 e. The van der Waals surface area contributed by atoms with Crippen LogP contribution < -0.4 is 5.32 Å². The van der Waals surface area contributed by atoms with E-state index in [1.165, 1.54) is 6.33 Å². The molecule has 0 radical (unpaired) electrons. The Labute approximate surface area is 106 Å². The minimum absolute atomic E-state index is 0.119. The molecule has 0 amide bonds. The predicted octanol–water partition coefficient (Wildman–Crippen LogP) is 0.884. The molecular formula is C11H16N4O2S. The Morgan fingerprint density at radius 2 is 2.17 bits per heavy atom. The summed E-state index contributed by atoms with van der Waals surface area (Å²) in [5, 5.41) is 7.17.